The molecule has 0 heterocycles. The minimum Gasteiger partial charge on any atom is -0.211 e. The minimum atomic E-state index is -3.10. The highest BCUT2D eigenvalue weighted by Gasteiger charge is 2.09. The van der Waals surface area contributed by atoms with Crippen molar-refractivity contribution in [3.05, 3.63) is 0 Å². The third-order valence-electron chi connectivity index (χ3n) is 1.84. The predicted octanol–water partition coefficient (Wildman–Crippen LogP) is 0.987. The maximum absolute atomic E-state index is 10.9. The topological polar surface area (TPSA) is 48.2 Å². The van der Waals surface area contributed by atoms with Gasteiger partial charge in [-0.3, -0.25) is 0 Å². The molecule has 0 aliphatic carbocycles. The second-order valence-electron chi connectivity index (χ2n) is 2.77. The third kappa shape index (κ3) is 5.21. The number of hydrogen-bond donors (Lipinski definition) is 0. The van der Waals surface area contributed by atoms with E-state index in [4.69, 9.17) is 0 Å². The average molecular weight is 178 g/mol. The van der Waals surface area contributed by atoms with Crippen LogP contribution >= 0.6 is 0 Å². The third-order valence-corrected chi connectivity index (χ3v) is 3.15. The molecule has 0 aromatic heterocycles. The van der Waals surface area contributed by atoms with Crippen molar-refractivity contribution in [2.45, 2.75) is 26.7 Å². The zero-order valence-electron chi connectivity index (χ0n) is 7.37. The molecule has 11 heavy (non-hydrogen) atoms. The lowest BCUT2D eigenvalue weighted by molar-refractivity contribution is 0.529. The zero-order chi connectivity index (χ0) is 8.91. The van der Waals surface area contributed by atoms with Crippen molar-refractivity contribution in [3.8, 4) is 0 Å². The molecule has 0 aromatic carbocycles. The van der Waals surface area contributed by atoms with E-state index in [2.05, 4.69) is 11.6 Å². The molecular formula is C7H16NO2S. The molecule has 1 unspecified atom stereocenters. The van der Waals surface area contributed by atoms with Crippen molar-refractivity contribution >= 4 is 10.0 Å². The van der Waals surface area contributed by atoms with Gasteiger partial charge in [0.1, 0.15) is 0 Å². The van der Waals surface area contributed by atoms with Crippen LogP contribution in [0.2, 0.25) is 0 Å². The van der Waals surface area contributed by atoms with Gasteiger partial charge in [-0.05, 0) is 12.3 Å². The van der Waals surface area contributed by atoms with Gasteiger partial charge in [0.05, 0.1) is 5.75 Å². The molecule has 0 aromatic rings. The Bertz CT molecular complexity index is 187. The summed E-state index contributed by atoms with van der Waals surface area (Å²) < 4.78 is 25.0. The van der Waals surface area contributed by atoms with Gasteiger partial charge in [-0.25, -0.2) is 8.42 Å². The lowest BCUT2D eigenvalue weighted by Gasteiger charge is -2.06. The van der Waals surface area contributed by atoms with Gasteiger partial charge >= 0.3 is 0 Å². The van der Waals surface area contributed by atoms with Gasteiger partial charge in [-0.2, -0.15) is 0 Å². The lowest BCUT2D eigenvalue weighted by Crippen LogP contribution is -2.17. The van der Waals surface area contributed by atoms with Crippen LogP contribution in [-0.4, -0.2) is 21.2 Å². The molecule has 0 rings (SSSR count). The van der Waals surface area contributed by atoms with E-state index in [-0.39, 0.29) is 5.75 Å². The van der Waals surface area contributed by atoms with E-state index in [9.17, 15) is 8.42 Å². The Balaban J connectivity index is 3.71. The maximum Gasteiger partial charge on any atom is 0.227 e. The fourth-order valence-electron chi connectivity index (χ4n) is 0.646. The molecule has 4 heteroatoms. The van der Waals surface area contributed by atoms with E-state index in [1.54, 1.807) is 0 Å². The van der Waals surface area contributed by atoms with E-state index < -0.39 is 10.0 Å². The SMILES string of the molecule is CCC(C)CCS(=O)(=O)[N]C. The van der Waals surface area contributed by atoms with Crippen LogP contribution in [0, 0.1) is 5.92 Å². The summed E-state index contributed by atoms with van der Waals surface area (Å²) in [5.41, 5.74) is 0. The van der Waals surface area contributed by atoms with E-state index in [1.165, 1.54) is 7.05 Å². The van der Waals surface area contributed by atoms with Gasteiger partial charge in [-0.1, -0.05) is 20.3 Å². The first-order valence-corrected chi connectivity index (χ1v) is 5.46. The monoisotopic (exact) mass is 178 g/mol. The average Bonchev–Trinajstić information content (AvgIpc) is 2.00. The van der Waals surface area contributed by atoms with E-state index in [0.29, 0.717) is 5.92 Å². The largest absolute Gasteiger partial charge is 0.227 e. The fourth-order valence-corrected chi connectivity index (χ4v) is 1.53. The summed E-state index contributed by atoms with van der Waals surface area (Å²) in [6, 6.07) is 0. The van der Waals surface area contributed by atoms with Gasteiger partial charge in [0.15, 0.2) is 0 Å². The summed E-state index contributed by atoms with van der Waals surface area (Å²) >= 11 is 0. The second kappa shape index (κ2) is 4.72. The van der Waals surface area contributed by atoms with Gasteiger partial charge < -0.3 is 0 Å². The molecule has 0 aliphatic heterocycles. The van der Waals surface area contributed by atoms with E-state index in [0.717, 1.165) is 12.8 Å². The van der Waals surface area contributed by atoms with Crippen molar-refractivity contribution in [3.63, 3.8) is 0 Å². The van der Waals surface area contributed by atoms with Crippen LogP contribution in [0.1, 0.15) is 26.7 Å². The summed E-state index contributed by atoms with van der Waals surface area (Å²) in [4.78, 5) is 0. The Morgan fingerprint density at radius 2 is 2.00 bits per heavy atom. The Labute approximate surface area is 69.2 Å². The molecule has 0 aliphatic rings. The minimum absolute atomic E-state index is 0.193. The molecule has 0 saturated carbocycles. The van der Waals surface area contributed by atoms with Crippen molar-refractivity contribution < 1.29 is 8.42 Å². The second-order valence-corrected chi connectivity index (χ2v) is 4.71. The highest BCUT2D eigenvalue weighted by molar-refractivity contribution is 7.89. The van der Waals surface area contributed by atoms with Crippen LogP contribution in [0.15, 0.2) is 0 Å². The molecule has 0 bridgehead atoms. The summed E-state index contributed by atoms with van der Waals surface area (Å²) in [5, 5.41) is 0. The maximum atomic E-state index is 10.9. The standard InChI is InChI=1S/C7H16NO2S/c1-4-7(2)5-6-11(9,10)8-3/h7H,4-6H2,1-3H3. The first-order chi connectivity index (χ1) is 5.02. The predicted molar refractivity (Wildman–Crippen MR) is 45.9 cm³/mol. The first kappa shape index (κ1) is 10.9. The van der Waals surface area contributed by atoms with Crippen molar-refractivity contribution in [2.24, 2.45) is 5.92 Å². The Hall–Kier alpha value is -0.0900. The number of nitrogens with zero attached hydrogens (tertiary/aromatic N) is 1. The lowest BCUT2D eigenvalue weighted by atomic mass is 10.1. The zero-order valence-corrected chi connectivity index (χ0v) is 8.19. The molecule has 0 spiro atoms. The number of hydrogen-bond acceptors (Lipinski definition) is 2. The first-order valence-electron chi connectivity index (χ1n) is 3.85. The number of rotatable bonds is 5. The molecule has 3 nitrogen and oxygen atoms in total. The van der Waals surface area contributed by atoms with Gasteiger partial charge in [0, 0.05) is 7.05 Å². The molecule has 0 saturated heterocycles. The Kier molecular flexibility index (Phi) is 4.68. The van der Waals surface area contributed by atoms with Crippen molar-refractivity contribution in [1.29, 1.82) is 0 Å². The molecular weight excluding hydrogens is 162 g/mol. The summed E-state index contributed by atoms with van der Waals surface area (Å²) in [6.45, 7) is 4.10. The molecule has 1 radical (unpaired) electrons. The van der Waals surface area contributed by atoms with Crippen LogP contribution < -0.4 is 4.72 Å². The van der Waals surface area contributed by atoms with Crippen LogP contribution in [-0.2, 0) is 10.0 Å². The van der Waals surface area contributed by atoms with E-state index in [1.807, 2.05) is 6.92 Å². The van der Waals surface area contributed by atoms with Gasteiger partial charge in [-0.15, -0.1) is 4.72 Å². The molecule has 1 atom stereocenters. The van der Waals surface area contributed by atoms with Crippen molar-refractivity contribution in [1.82, 2.24) is 4.72 Å². The van der Waals surface area contributed by atoms with Crippen molar-refractivity contribution in [2.75, 3.05) is 12.8 Å². The highest BCUT2D eigenvalue weighted by Crippen LogP contribution is 2.07. The number of sulfonamides is 1. The Morgan fingerprint density at radius 3 is 2.36 bits per heavy atom. The van der Waals surface area contributed by atoms with E-state index >= 15 is 0 Å². The summed E-state index contributed by atoms with van der Waals surface area (Å²) in [7, 11) is -1.77. The molecule has 0 N–H and O–H groups in total. The normalized spacial score (nSPS) is 14.8. The van der Waals surface area contributed by atoms with Crippen LogP contribution in [0.25, 0.3) is 0 Å². The molecule has 0 amide bonds. The van der Waals surface area contributed by atoms with Crippen LogP contribution in [0.5, 0.6) is 0 Å². The Morgan fingerprint density at radius 1 is 1.45 bits per heavy atom. The molecule has 0 fully saturated rings. The van der Waals surface area contributed by atoms with Gasteiger partial charge in [0.25, 0.3) is 0 Å². The smallest absolute Gasteiger partial charge is 0.211 e. The molecule has 67 valence electrons. The summed E-state index contributed by atoms with van der Waals surface area (Å²) in [5.74, 6) is 0.671. The highest BCUT2D eigenvalue weighted by atomic mass is 32.2. The van der Waals surface area contributed by atoms with Crippen LogP contribution in [0.4, 0.5) is 0 Å². The quantitative estimate of drug-likeness (QED) is 0.630. The van der Waals surface area contributed by atoms with Gasteiger partial charge in [0.2, 0.25) is 10.0 Å². The summed E-state index contributed by atoms with van der Waals surface area (Å²) in [6.07, 6.45) is 1.75. The fraction of sp³-hybridized carbons (Fsp3) is 1.00. The van der Waals surface area contributed by atoms with Crippen LogP contribution in [0.3, 0.4) is 0 Å².